The summed E-state index contributed by atoms with van der Waals surface area (Å²) in [5.74, 6) is 1.35. The van der Waals surface area contributed by atoms with Crippen LogP contribution >= 0.6 is 12.2 Å². The van der Waals surface area contributed by atoms with Gasteiger partial charge in [-0.05, 0) is 25.0 Å². The van der Waals surface area contributed by atoms with Crippen molar-refractivity contribution in [1.82, 2.24) is 0 Å². The van der Waals surface area contributed by atoms with Crippen LogP contribution in [-0.4, -0.2) is 25.2 Å². The Labute approximate surface area is 115 Å². The second-order valence-electron chi connectivity index (χ2n) is 4.84. The SMILES string of the molecule is COc1ccc(C(N)=S)c(N(C)C(C)C(C)C)c1. The Morgan fingerprint density at radius 1 is 1.33 bits per heavy atom. The van der Waals surface area contributed by atoms with E-state index in [1.165, 1.54) is 0 Å². The van der Waals surface area contributed by atoms with E-state index < -0.39 is 0 Å². The molecule has 1 rings (SSSR count). The first-order chi connectivity index (χ1) is 8.38. The minimum Gasteiger partial charge on any atom is -0.497 e. The first-order valence-electron chi connectivity index (χ1n) is 6.09. The molecule has 100 valence electrons. The molecule has 18 heavy (non-hydrogen) atoms. The Morgan fingerprint density at radius 3 is 2.39 bits per heavy atom. The van der Waals surface area contributed by atoms with E-state index in [-0.39, 0.29) is 0 Å². The summed E-state index contributed by atoms with van der Waals surface area (Å²) in [5.41, 5.74) is 7.69. The van der Waals surface area contributed by atoms with Crippen LogP contribution in [0.4, 0.5) is 5.69 Å². The molecule has 0 radical (unpaired) electrons. The van der Waals surface area contributed by atoms with Crippen LogP contribution in [0.25, 0.3) is 0 Å². The highest BCUT2D eigenvalue weighted by Gasteiger charge is 2.18. The maximum atomic E-state index is 5.78. The monoisotopic (exact) mass is 266 g/mol. The van der Waals surface area contributed by atoms with Crippen LogP contribution in [0.2, 0.25) is 0 Å². The zero-order valence-corrected chi connectivity index (χ0v) is 12.5. The molecular weight excluding hydrogens is 244 g/mol. The third kappa shape index (κ3) is 3.13. The van der Waals surface area contributed by atoms with E-state index in [4.69, 9.17) is 22.7 Å². The lowest BCUT2D eigenvalue weighted by atomic mass is 10.0. The smallest absolute Gasteiger partial charge is 0.120 e. The number of rotatable bonds is 5. The van der Waals surface area contributed by atoms with Gasteiger partial charge in [0.2, 0.25) is 0 Å². The van der Waals surface area contributed by atoms with Gasteiger partial charge in [0.15, 0.2) is 0 Å². The highest BCUT2D eigenvalue weighted by Crippen LogP contribution is 2.28. The molecule has 0 saturated carbocycles. The van der Waals surface area contributed by atoms with Crippen molar-refractivity contribution >= 4 is 22.9 Å². The van der Waals surface area contributed by atoms with Gasteiger partial charge in [-0.1, -0.05) is 26.1 Å². The number of methoxy groups -OCH3 is 1. The zero-order chi connectivity index (χ0) is 13.9. The molecule has 3 nitrogen and oxygen atoms in total. The fraction of sp³-hybridized carbons (Fsp3) is 0.500. The van der Waals surface area contributed by atoms with Crippen LogP contribution in [-0.2, 0) is 0 Å². The number of hydrogen-bond donors (Lipinski definition) is 1. The molecule has 2 N–H and O–H groups in total. The highest BCUT2D eigenvalue weighted by atomic mass is 32.1. The number of anilines is 1. The minimum atomic E-state index is 0.394. The van der Waals surface area contributed by atoms with Crippen molar-refractivity contribution in [3.05, 3.63) is 23.8 Å². The van der Waals surface area contributed by atoms with Gasteiger partial charge in [-0.15, -0.1) is 0 Å². The second-order valence-corrected chi connectivity index (χ2v) is 5.28. The van der Waals surface area contributed by atoms with Crippen molar-refractivity contribution < 1.29 is 4.74 Å². The molecule has 0 heterocycles. The van der Waals surface area contributed by atoms with Crippen molar-refractivity contribution in [2.24, 2.45) is 11.7 Å². The normalized spacial score (nSPS) is 12.3. The predicted molar refractivity (Wildman–Crippen MR) is 81.6 cm³/mol. The van der Waals surface area contributed by atoms with Crippen molar-refractivity contribution in [3.8, 4) is 5.75 Å². The number of thiocarbonyl (C=S) groups is 1. The first kappa shape index (κ1) is 14.8. The lowest BCUT2D eigenvalue weighted by Gasteiger charge is -2.31. The molecule has 4 heteroatoms. The summed E-state index contributed by atoms with van der Waals surface area (Å²) in [6, 6.07) is 6.17. The van der Waals surface area contributed by atoms with Crippen molar-refractivity contribution in [2.45, 2.75) is 26.8 Å². The summed E-state index contributed by atoms with van der Waals surface area (Å²) >= 11 is 5.11. The second kappa shape index (κ2) is 6.05. The van der Waals surface area contributed by atoms with Crippen LogP contribution in [0.3, 0.4) is 0 Å². The molecule has 0 aliphatic rings. The summed E-state index contributed by atoms with van der Waals surface area (Å²) < 4.78 is 5.27. The van der Waals surface area contributed by atoms with E-state index in [0.717, 1.165) is 17.0 Å². The van der Waals surface area contributed by atoms with E-state index in [0.29, 0.717) is 16.9 Å². The molecule has 1 unspecified atom stereocenters. The summed E-state index contributed by atoms with van der Waals surface area (Å²) in [4.78, 5) is 2.61. The number of nitrogens with zero attached hydrogens (tertiary/aromatic N) is 1. The molecule has 0 spiro atoms. The fourth-order valence-corrected chi connectivity index (χ4v) is 1.98. The Kier molecular flexibility index (Phi) is 4.96. The summed E-state index contributed by atoms with van der Waals surface area (Å²) in [6.07, 6.45) is 0. The van der Waals surface area contributed by atoms with Crippen LogP contribution < -0.4 is 15.4 Å². The largest absolute Gasteiger partial charge is 0.497 e. The molecule has 0 amide bonds. The molecule has 0 fully saturated rings. The zero-order valence-electron chi connectivity index (χ0n) is 11.7. The third-order valence-electron chi connectivity index (χ3n) is 3.43. The van der Waals surface area contributed by atoms with Gasteiger partial charge in [0, 0.05) is 24.7 Å². The molecule has 0 saturated heterocycles. The average Bonchev–Trinajstić information content (AvgIpc) is 2.35. The number of nitrogens with two attached hydrogens (primary N) is 1. The topological polar surface area (TPSA) is 38.5 Å². The summed E-state index contributed by atoms with van der Waals surface area (Å²) in [7, 11) is 3.71. The Bertz CT molecular complexity index is 432. The molecular formula is C14H22N2OS. The van der Waals surface area contributed by atoms with Gasteiger partial charge in [-0.2, -0.15) is 0 Å². The quantitative estimate of drug-likeness (QED) is 0.832. The van der Waals surface area contributed by atoms with Gasteiger partial charge in [-0.25, -0.2) is 0 Å². The Morgan fingerprint density at radius 2 is 1.94 bits per heavy atom. The summed E-state index contributed by atoms with van der Waals surface area (Å²) in [6.45, 7) is 6.58. The van der Waals surface area contributed by atoms with Gasteiger partial charge < -0.3 is 15.4 Å². The number of ether oxygens (including phenoxy) is 1. The predicted octanol–water partition coefficient (Wildman–Crippen LogP) is 2.81. The molecule has 1 atom stereocenters. The van der Waals surface area contributed by atoms with Crippen LogP contribution in [0.1, 0.15) is 26.3 Å². The molecule has 0 aromatic heterocycles. The van der Waals surface area contributed by atoms with Gasteiger partial charge >= 0.3 is 0 Å². The molecule has 0 aliphatic carbocycles. The van der Waals surface area contributed by atoms with Crippen LogP contribution in [0.15, 0.2) is 18.2 Å². The highest BCUT2D eigenvalue weighted by molar-refractivity contribution is 7.80. The third-order valence-corrected chi connectivity index (χ3v) is 3.65. The number of hydrogen-bond acceptors (Lipinski definition) is 3. The molecule has 0 bridgehead atoms. The minimum absolute atomic E-state index is 0.394. The van der Waals surface area contributed by atoms with Crippen molar-refractivity contribution in [2.75, 3.05) is 19.1 Å². The molecule has 1 aromatic carbocycles. The van der Waals surface area contributed by atoms with Crippen LogP contribution in [0, 0.1) is 5.92 Å². The Balaban J connectivity index is 3.22. The van der Waals surface area contributed by atoms with E-state index in [9.17, 15) is 0 Å². The number of benzene rings is 1. The van der Waals surface area contributed by atoms with Gasteiger partial charge in [0.1, 0.15) is 10.7 Å². The maximum absolute atomic E-state index is 5.78. The van der Waals surface area contributed by atoms with E-state index in [1.54, 1.807) is 7.11 Å². The lowest BCUT2D eigenvalue weighted by molar-refractivity contribution is 0.414. The lowest BCUT2D eigenvalue weighted by Crippen LogP contribution is -2.34. The van der Waals surface area contributed by atoms with E-state index >= 15 is 0 Å². The molecule has 1 aromatic rings. The Hall–Kier alpha value is -1.29. The van der Waals surface area contributed by atoms with Crippen molar-refractivity contribution in [3.63, 3.8) is 0 Å². The maximum Gasteiger partial charge on any atom is 0.120 e. The average molecular weight is 266 g/mol. The van der Waals surface area contributed by atoms with E-state index in [1.807, 2.05) is 18.2 Å². The van der Waals surface area contributed by atoms with Crippen molar-refractivity contribution in [1.29, 1.82) is 0 Å². The molecule has 0 aliphatic heterocycles. The van der Waals surface area contributed by atoms with E-state index in [2.05, 4.69) is 32.7 Å². The fourth-order valence-electron chi connectivity index (χ4n) is 1.81. The standard InChI is InChI=1S/C14H22N2OS/c1-9(2)10(3)16(4)13-8-11(17-5)6-7-12(13)14(15)18/h6-10H,1-5H3,(H2,15,18). The van der Waals surface area contributed by atoms with Gasteiger partial charge in [0.25, 0.3) is 0 Å². The van der Waals surface area contributed by atoms with Gasteiger partial charge in [0.05, 0.1) is 12.8 Å². The van der Waals surface area contributed by atoms with Gasteiger partial charge in [-0.3, -0.25) is 0 Å². The first-order valence-corrected chi connectivity index (χ1v) is 6.50. The van der Waals surface area contributed by atoms with Crippen LogP contribution in [0.5, 0.6) is 5.75 Å². The summed E-state index contributed by atoms with van der Waals surface area (Å²) in [5, 5.41) is 0.